The van der Waals surface area contributed by atoms with Crippen LogP contribution in [0.25, 0.3) is 0 Å². The molecule has 37 heavy (non-hydrogen) atoms. The Bertz CT molecular complexity index is 1090. The van der Waals surface area contributed by atoms with Crippen LogP contribution >= 0.6 is 11.6 Å². The Morgan fingerprint density at radius 2 is 1.54 bits per heavy atom. The Labute approximate surface area is 225 Å². The van der Waals surface area contributed by atoms with Crippen LogP contribution in [0.15, 0.2) is 42.5 Å². The summed E-state index contributed by atoms with van der Waals surface area (Å²) >= 11 is 6.40. The number of benzene rings is 2. The van der Waals surface area contributed by atoms with Crippen molar-refractivity contribution >= 4 is 35.2 Å². The fraction of sp³-hybridized carbons (Fsp3) is 0.483. The van der Waals surface area contributed by atoms with Gasteiger partial charge in [-0.3, -0.25) is 9.59 Å². The van der Waals surface area contributed by atoms with E-state index in [2.05, 4.69) is 10.6 Å². The lowest BCUT2D eigenvalue weighted by Gasteiger charge is -2.38. The van der Waals surface area contributed by atoms with Crippen molar-refractivity contribution in [1.82, 2.24) is 10.2 Å². The van der Waals surface area contributed by atoms with E-state index < -0.39 is 29.7 Å². The first-order valence-corrected chi connectivity index (χ1v) is 12.9. The molecular weight excluding hydrogens is 490 g/mol. The molecule has 0 heterocycles. The number of halogens is 1. The molecule has 0 bridgehead atoms. The number of nitrogens with one attached hydrogen (secondary N) is 2. The van der Waals surface area contributed by atoms with E-state index in [0.717, 1.165) is 11.1 Å². The minimum absolute atomic E-state index is 0.256. The van der Waals surface area contributed by atoms with Gasteiger partial charge in [0.2, 0.25) is 5.91 Å². The van der Waals surface area contributed by atoms with Gasteiger partial charge in [-0.25, -0.2) is 4.79 Å². The molecule has 0 aliphatic rings. The third-order valence-electron chi connectivity index (χ3n) is 5.81. The highest BCUT2D eigenvalue weighted by molar-refractivity contribution is 6.34. The number of amides is 3. The maximum absolute atomic E-state index is 14.0. The summed E-state index contributed by atoms with van der Waals surface area (Å²) in [6.45, 7) is 16.5. The van der Waals surface area contributed by atoms with E-state index in [1.54, 1.807) is 26.8 Å². The number of carbonyl (C=O) groups excluding carboxylic acids is 3. The number of hydrogen-bond acceptors (Lipinski definition) is 4. The van der Waals surface area contributed by atoms with E-state index in [4.69, 9.17) is 16.3 Å². The molecule has 0 saturated carbocycles. The van der Waals surface area contributed by atoms with Crippen LogP contribution in [0, 0.1) is 19.8 Å². The van der Waals surface area contributed by atoms with Gasteiger partial charge in [-0.15, -0.1) is 0 Å². The van der Waals surface area contributed by atoms with Gasteiger partial charge in [0.15, 0.2) is 0 Å². The third kappa shape index (κ3) is 8.22. The smallest absolute Gasteiger partial charge is 0.408 e. The molecule has 0 aromatic heterocycles. The van der Waals surface area contributed by atoms with Crippen molar-refractivity contribution in [2.75, 3.05) is 5.32 Å². The quantitative estimate of drug-likeness (QED) is 0.413. The summed E-state index contributed by atoms with van der Waals surface area (Å²) < 4.78 is 5.41. The van der Waals surface area contributed by atoms with Crippen molar-refractivity contribution in [2.24, 2.45) is 5.92 Å². The summed E-state index contributed by atoms with van der Waals surface area (Å²) in [6.07, 6.45) is -0.689. The maximum atomic E-state index is 14.0. The summed E-state index contributed by atoms with van der Waals surface area (Å²) in [6, 6.07) is 10.6. The van der Waals surface area contributed by atoms with Crippen LogP contribution in [0.1, 0.15) is 71.2 Å². The summed E-state index contributed by atoms with van der Waals surface area (Å²) in [5, 5.41) is 6.08. The summed E-state index contributed by atoms with van der Waals surface area (Å²) in [5.74, 6) is -1.04. The Balaban J connectivity index is 2.54. The average Bonchev–Trinajstić information content (AvgIpc) is 2.77. The lowest BCUT2D eigenvalue weighted by atomic mass is 9.97. The molecule has 0 fully saturated rings. The van der Waals surface area contributed by atoms with Gasteiger partial charge >= 0.3 is 6.09 Å². The lowest BCUT2D eigenvalue weighted by Crippen LogP contribution is -2.56. The van der Waals surface area contributed by atoms with Gasteiger partial charge in [0.1, 0.15) is 17.7 Å². The highest BCUT2D eigenvalue weighted by Gasteiger charge is 2.39. The molecular formula is C29H40ClN3O4. The van der Waals surface area contributed by atoms with Gasteiger partial charge < -0.3 is 20.3 Å². The number of para-hydroxylation sites is 1. The van der Waals surface area contributed by atoms with E-state index in [1.165, 1.54) is 4.90 Å². The maximum Gasteiger partial charge on any atom is 0.408 e. The van der Waals surface area contributed by atoms with Gasteiger partial charge in [-0.1, -0.05) is 67.4 Å². The molecule has 7 nitrogen and oxygen atoms in total. The molecule has 2 aromatic rings. The van der Waals surface area contributed by atoms with Crippen molar-refractivity contribution in [3.05, 3.63) is 64.2 Å². The first kappa shape index (κ1) is 30.2. The normalized spacial score (nSPS) is 13.2. The Morgan fingerprint density at radius 1 is 0.946 bits per heavy atom. The van der Waals surface area contributed by atoms with Crippen molar-refractivity contribution in [1.29, 1.82) is 0 Å². The SMILES string of the molecule is Cc1ccc(C(C(=O)Nc2c(C)cccc2Cl)N(C(=O)C(NC(=O)OC(C)(C)C)C(C)C)C(C)C)cc1. The van der Waals surface area contributed by atoms with Crippen molar-refractivity contribution in [3.63, 3.8) is 0 Å². The molecule has 202 valence electrons. The van der Waals surface area contributed by atoms with Crippen molar-refractivity contribution in [2.45, 2.75) is 86.0 Å². The van der Waals surface area contributed by atoms with E-state index in [1.807, 2.05) is 77.9 Å². The number of rotatable bonds is 8. The number of aryl methyl sites for hydroxylation is 2. The van der Waals surface area contributed by atoms with Crippen LogP contribution in [-0.2, 0) is 14.3 Å². The van der Waals surface area contributed by atoms with Crippen LogP contribution in [0.2, 0.25) is 5.02 Å². The topological polar surface area (TPSA) is 87.7 Å². The van der Waals surface area contributed by atoms with Gasteiger partial charge in [0.25, 0.3) is 5.91 Å². The second-order valence-corrected chi connectivity index (χ2v) is 11.3. The van der Waals surface area contributed by atoms with Gasteiger partial charge in [0, 0.05) is 6.04 Å². The number of ether oxygens (including phenoxy) is 1. The summed E-state index contributed by atoms with van der Waals surface area (Å²) in [4.78, 5) is 42.1. The van der Waals surface area contributed by atoms with Crippen LogP contribution in [0.4, 0.5) is 10.5 Å². The van der Waals surface area contributed by atoms with E-state index >= 15 is 0 Å². The third-order valence-corrected chi connectivity index (χ3v) is 6.12. The van der Waals surface area contributed by atoms with E-state index in [0.29, 0.717) is 16.3 Å². The molecule has 2 aromatic carbocycles. The molecule has 0 saturated heterocycles. The Hall–Kier alpha value is -3.06. The van der Waals surface area contributed by atoms with Crippen LogP contribution in [0.5, 0.6) is 0 Å². The van der Waals surface area contributed by atoms with Crippen LogP contribution in [0.3, 0.4) is 0 Å². The van der Waals surface area contributed by atoms with Gasteiger partial charge in [0.05, 0.1) is 10.7 Å². The first-order chi connectivity index (χ1) is 17.1. The standard InChI is InChI=1S/C29H40ClN3O4/c1-17(2)23(32-28(36)37-29(7,8)9)27(35)33(18(3)4)25(21-15-13-19(5)14-16-21)26(34)31-24-20(6)11-10-12-22(24)30/h10-18,23,25H,1-9H3,(H,31,34)(H,32,36). The predicted molar refractivity (Wildman–Crippen MR) is 149 cm³/mol. The number of nitrogens with zero attached hydrogens (tertiary/aromatic N) is 1. The monoisotopic (exact) mass is 529 g/mol. The minimum atomic E-state index is -0.967. The zero-order chi connectivity index (χ0) is 28.1. The lowest BCUT2D eigenvalue weighted by molar-refractivity contribution is -0.143. The zero-order valence-electron chi connectivity index (χ0n) is 23.3. The van der Waals surface area contributed by atoms with Crippen molar-refractivity contribution < 1.29 is 19.1 Å². The molecule has 0 aliphatic carbocycles. The fourth-order valence-electron chi connectivity index (χ4n) is 3.96. The average molecular weight is 530 g/mol. The fourth-order valence-corrected chi connectivity index (χ4v) is 4.23. The van der Waals surface area contributed by atoms with Gasteiger partial charge in [-0.05, 0) is 71.6 Å². The summed E-state index contributed by atoms with van der Waals surface area (Å²) in [5.41, 5.74) is 2.25. The number of hydrogen-bond donors (Lipinski definition) is 2. The molecule has 3 amide bonds. The molecule has 2 rings (SSSR count). The zero-order valence-corrected chi connectivity index (χ0v) is 24.1. The van der Waals surface area contributed by atoms with Crippen molar-refractivity contribution in [3.8, 4) is 0 Å². The largest absolute Gasteiger partial charge is 0.444 e. The number of anilines is 1. The molecule has 2 N–H and O–H groups in total. The van der Waals surface area contributed by atoms with Crippen LogP contribution in [-0.4, -0.2) is 40.5 Å². The Kier molecular flexibility index (Phi) is 10.2. The van der Waals surface area contributed by atoms with Crippen LogP contribution < -0.4 is 10.6 Å². The number of carbonyl (C=O) groups is 3. The summed E-state index contributed by atoms with van der Waals surface area (Å²) in [7, 11) is 0. The first-order valence-electron chi connectivity index (χ1n) is 12.6. The molecule has 2 atom stereocenters. The molecule has 0 aliphatic heterocycles. The minimum Gasteiger partial charge on any atom is -0.444 e. The second kappa shape index (κ2) is 12.5. The molecule has 2 unspecified atom stereocenters. The number of alkyl carbamates (subject to hydrolysis) is 1. The molecule has 0 spiro atoms. The Morgan fingerprint density at radius 3 is 2.03 bits per heavy atom. The molecule has 0 radical (unpaired) electrons. The van der Waals surface area contributed by atoms with E-state index in [-0.39, 0.29) is 17.9 Å². The molecule has 8 heteroatoms. The van der Waals surface area contributed by atoms with E-state index in [9.17, 15) is 14.4 Å². The predicted octanol–water partition coefficient (Wildman–Crippen LogP) is 6.42. The van der Waals surface area contributed by atoms with Gasteiger partial charge in [-0.2, -0.15) is 0 Å². The second-order valence-electron chi connectivity index (χ2n) is 10.9. The highest BCUT2D eigenvalue weighted by atomic mass is 35.5. The highest BCUT2D eigenvalue weighted by Crippen LogP contribution is 2.31.